The van der Waals surface area contributed by atoms with Gasteiger partial charge in [-0.1, -0.05) is 55.5 Å². The lowest BCUT2D eigenvalue weighted by Crippen LogP contribution is -2.41. The fourth-order valence-corrected chi connectivity index (χ4v) is 5.29. The van der Waals surface area contributed by atoms with Crippen LogP contribution in [-0.2, 0) is 14.3 Å². The summed E-state index contributed by atoms with van der Waals surface area (Å²) in [4.78, 5) is 37.7. The number of carboxylic acids is 1. The number of carbonyl (C=O) groups excluding carboxylic acids is 2. The van der Waals surface area contributed by atoms with Gasteiger partial charge in [0.25, 0.3) is 0 Å². The molecule has 2 N–H and O–H groups in total. The zero-order valence-electron chi connectivity index (χ0n) is 20.2. The van der Waals surface area contributed by atoms with Crippen molar-refractivity contribution < 1.29 is 24.2 Å². The molecule has 1 saturated heterocycles. The lowest BCUT2D eigenvalue weighted by atomic mass is 9.92. The van der Waals surface area contributed by atoms with E-state index in [0.717, 1.165) is 12.8 Å². The largest absolute Gasteiger partial charge is 0.481 e. The molecule has 7 nitrogen and oxygen atoms in total. The van der Waals surface area contributed by atoms with Crippen molar-refractivity contribution in [3.05, 3.63) is 59.7 Å². The van der Waals surface area contributed by atoms with Gasteiger partial charge in [-0.3, -0.25) is 9.59 Å². The van der Waals surface area contributed by atoms with Gasteiger partial charge in [0.15, 0.2) is 0 Å². The maximum atomic E-state index is 12.7. The van der Waals surface area contributed by atoms with Crippen LogP contribution in [0.3, 0.4) is 0 Å². The van der Waals surface area contributed by atoms with Crippen LogP contribution < -0.4 is 5.32 Å². The molecular formula is C28H34N2O5. The van der Waals surface area contributed by atoms with Crippen LogP contribution >= 0.6 is 0 Å². The van der Waals surface area contributed by atoms with Crippen LogP contribution in [0.1, 0.15) is 56.1 Å². The van der Waals surface area contributed by atoms with Gasteiger partial charge in [-0.15, -0.1) is 0 Å². The summed E-state index contributed by atoms with van der Waals surface area (Å²) < 4.78 is 5.56. The third-order valence-electron chi connectivity index (χ3n) is 7.24. The van der Waals surface area contributed by atoms with E-state index in [1.807, 2.05) is 36.1 Å². The number of carbonyl (C=O) groups is 3. The van der Waals surface area contributed by atoms with Crippen LogP contribution in [0.25, 0.3) is 11.1 Å². The zero-order chi connectivity index (χ0) is 24.8. The van der Waals surface area contributed by atoms with Gasteiger partial charge in [0.2, 0.25) is 5.91 Å². The Balaban J connectivity index is 1.16. The molecule has 1 aliphatic carbocycles. The molecule has 0 spiro atoms. The van der Waals surface area contributed by atoms with Gasteiger partial charge < -0.3 is 20.1 Å². The topological polar surface area (TPSA) is 95.9 Å². The Hall–Kier alpha value is -3.35. The molecule has 35 heavy (non-hydrogen) atoms. The molecule has 1 fully saturated rings. The van der Waals surface area contributed by atoms with E-state index in [9.17, 15) is 14.4 Å². The summed E-state index contributed by atoms with van der Waals surface area (Å²) >= 11 is 0. The average Bonchev–Trinajstić information content (AvgIpc) is 3.18. The van der Waals surface area contributed by atoms with Gasteiger partial charge in [-0.2, -0.15) is 0 Å². The van der Waals surface area contributed by atoms with Gasteiger partial charge in [-0.25, -0.2) is 4.79 Å². The molecule has 1 heterocycles. The van der Waals surface area contributed by atoms with E-state index >= 15 is 0 Å². The number of hydrogen-bond donors (Lipinski definition) is 2. The second-order valence-electron chi connectivity index (χ2n) is 9.66. The first kappa shape index (κ1) is 24.8. The summed E-state index contributed by atoms with van der Waals surface area (Å²) in [5, 5.41) is 11.7. The van der Waals surface area contributed by atoms with Crippen LogP contribution in [0.2, 0.25) is 0 Å². The number of fused-ring (bicyclic) bond motifs is 3. The number of amides is 2. The van der Waals surface area contributed by atoms with Crippen molar-refractivity contribution in [2.24, 2.45) is 11.8 Å². The standard InChI is InChI=1S/C28H34N2O5/c1-19(27(33)30-15-12-20(13-16-30)17-26(31)32)7-6-14-29-28(34)35-18-25-23-10-4-2-8-21(23)22-9-3-5-11-24(22)25/h2-5,8-11,19-20,25H,6-7,12-18H2,1H3,(H,29,34)(H,31,32). The van der Waals surface area contributed by atoms with Crippen molar-refractivity contribution in [1.82, 2.24) is 10.2 Å². The highest BCUT2D eigenvalue weighted by Gasteiger charge is 2.29. The molecule has 2 aliphatic rings. The number of piperidine rings is 1. The van der Waals surface area contributed by atoms with E-state index in [1.165, 1.54) is 22.3 Å². The number of benzene rings is 2. The van der Waals surface area contributed by atoms with Crippen molar-refractivity contribution in [3.8, 4) is 11.1 Å². The quantitative estimate of drug-likeness (QED) is 0.511. The molecule has 7 heteroatoms. The van der Waals surface area contributed by atoms with E-state index in [2.05, 4.69) is 29.6 Å². The van der Waals surface area contributed by atoms with E-state index in [-0.39, 0.29) is 36.7 Å². The van der Waals surface area contributed by atoms with Crippen molar-refractivity contribution >= 4 is 18.0 Å². The van der Waals surface area contributed by atoms with Gasteiger partial charge in [0, 0.05) is 37.9 Å². The first-order valence-corrected chi connectivity index (χ1v) is 12.5. The number of rotatable bonds is 9. The number of alkyl carbamates (subject to hydrolysis) is 1. The summed E-state index contributed by atoms with van der Waals surface area (Å²) in [6, 6.07) is 16.5. The van der Waals surface area contributed by atoms with Crippen LogP contribution in [-0.4, -0.2) is 54.2 Å². The van der Waals surface area contributed by atoms with E-state index < -0.39 is 12.1 Å². The Morgan fingerprint density at radius 1 is 1.03 bits per heavy atom. The monoisotopic (exact) mass is 478 g/mol. The molecule has 4 rings (SSSR count). The lowest BCUT2D eigenvalue weighted by molar-refractivity contribution is -0.139. The number of carboxylic acid groups (broad SMARTS) is 1. The van der Waals surface area contributed by atoms with Crippen LogP contribution in [0.5, 0.6) is 0 Å². The molecule has 0 radical (unpaired) electrons. The number of nitrogens with one attached hydrogen (secondary N) is 1. The minimum atomic E-state index is -0.771. The number of hydrogen-bond acceptors (Lipinski definition) is 4. The maximum absolute atomic E-state index is 12.7. The SMILES string of the molecule is CC(CCCNC(=O)OCC1c2ccccc2-c2ccccc21)C(=O)N1CCC(CC(=O)O)CC1. The highest BCUT2D eigenvalue weighted by atomic mass is 16.5. The Kier molecular flexibility index (Phi) is 8.06. The van der Waals surface area contributed by atoms with Gasteiger partial charge in [-0.05, 0) is 53.9 Å². The molecule has 2 aromatic rings. The van der Waals surface area contributed by atoms with Crippen molar-refractivity contribution in [2.45, 2.75) is 44.9 Å². The average molecular weight is 479 g/mol. The Morgan fingerprint density at radius 3 is 2.23 bits per heavy atom. The zero-order valence-corrected chi connectivity index (χ0v) is 20.2. The maximum Gasteiger partial charge on any atom is 0.407 e. The van der Waals surface area contributed by atoms with E-state index in [1.54, 1.807) is 0 Å². The fourth-order valence-electron chi connectivity index (χ4n) is 5.29. The molecule has 186 valence electrons. The highest BCUT2D eigenvalue weighted by Crippen LogP contribution is 2.44. The number of nitrogens with zero attached hydrogens (tertiary/aromatic N) is 1. The van der Waals surface area contributed by atoms with Crippen molar-refractivity contribution in [3.63, 3.8) is 0 Å². The fraction of sp³-hybridized carbons (Fsp3) is 0.464. The summed E-state index contributed by atoms with van der Waals surface area (Å²) in [7, 11) is 0. The molecule has 1 unspecified atom stereocenters. The van der Waals surface area contributed by atoms with Gasteiger partial charge in [0.05, 0.1) is 0 Å². The number of aliphatic carboxylic acids is 1. The minimum absolute atomic E-state index is 0.0328. The smallest absolute Gasteiger partial charge is 0.407 e. The molecule has 2 amide bonds. The Bertz CT molecular complexity index is 1020. The minimum Gasteiger partial charge on any atom is -0.481 e. The third-order valence-corrected chi connectivity index (χ3v) is 7.24. The van der Waals surface area contributed by atoms with Crippen molar-refractivity contribution in [1.29, 1.82) is 0 Å². The lowest BCUT2D eigenvalue weighted by Gasteiger charge is -2.33. The molecule has 0 aromatic heterocycles. The molecular weight excluding hydrogens is 444 g/mol. The third kappa shape index (κ3) is 6.02. The van der Waals surface area contributed by atoms with Crippen LogP contribution in [0.4, 0.5) is 4.79 Å². The highest BCUT2D eigenvalue weighted by molar-refractivity contribution is 5.79. The second-order valence-corrected chi connectivity index (χ2v) is 9.66. The first-order chi connectivity index (χ1) is 16.9. The van der Waals surface area contributed by atoms with Crippen molar-refractivity contribution in [2.75, 3.05) is 26.2 Å². The van der Waals surface area contributed by atoms with E-state index in [0.29, 0.717) is 32.5 Å². The Morgan fingerprint density at radius 2 is 1.63 bits per heavy atom. The van der Waals surface area contributed by atoms with E-state index in [4.69, 9.17) is 9.84 Å². The predicted molar refractivity (Wildman–Crippen MR) is 133 cm³/mol. The summed E-state index contributed by atoms with van der Waals surface area (Å²) in [6.45, 7) is 3.90. The molecule has 0 bridgehead atoms. The molecule has 0 saturated carbocycles. The van der Waals surface area contributed by atoms with Crippen LogP contribution in [0, 0.1) is 11.8 Å². The number of ether oxygens (including phenoxy) is 1. The molecule has 1 atom stereocenters. The van der Waals surface area contributed by atoms with Gasteiger partial charge in [0.1, 0.15) is 6.61 Å². The second kappa shape index (κ2) is 11.4. The predicted octanol–water partition coefficient (Wildman–Crippen LogP) is 4.65. The summed E-state index contributed by atoms with van der Waals surface area (Å²) in [6.07, 6.45) is 2.59. The normalized spacial score (nSPS) is 16.3. The summed E-state index contributed by atoms with van der Waals surface area (Å²) in [5.74, 6) is -0.596. The number of likely N-dealkylation sites (tertiary alicyclic amines) is 1. The van der Waals surface area contributed by atoms with Gasteiger partial charge >= 0.3 is 12.1 Å². The molecule has 1 aliphatic heterocycles. The van der Waals surface area contributed by atoms with Crippen LogP contribution in [0.15, 0.2) is 48.5 Å². The Labute approximate surface area is 206 Å². The first-order valence-electron chi connectivity index (χ1n) is 12.5. The molecule has 2 aromatic carbocycles. The summed E-state index contributed by atoms with van der Waals surface area (Å²) in [5.41, 5.74) is 4.76.